The molecule has 1 aromatic carbocycles. The molecule has 1 amide bonds. The topological polar surface area (TPSA) is 84.7 Å². The number of ether oxygens (including phenoxy) is 2. The van der Waals surface area contributed by atoms with Crippen LogP contribution in [0.25, 0.3) is 0 Å². The summed E-state index contributed by atoms with van der Waals surface area (Å²) in [6.07, 6.45) is 3.42. The lowest BCUT2D eigenvalue weighted by Gasteiger charge is -2.19. The number of amides is 1. The number of nitrogens with one attached hydrogen (secondary N) is 1. The molecule has 2 aromatic rings. The molecule has 0 saturated heterocycles. The number of hydrogen-bond donors (Lipinski definition) is 1. The molecule has 29 heavy (non-hydrogen) atoms. The molecule has 1 N–H and O–H groups in total. The first-order valence-electron chi connectivity index (χ1n) is 9.91. The van der Waals surface area contributed by atoms with Crippen LogP contribution in [0, 0.1) is 4.77 Å². The van der Waals surface area contributed by atoms with Gasteiger partial charge in [-0.15, -0.1) is 0 Å². The van der Waals surface area contributed by atoms with Crippen LogP contribution in [-0.2, 0) is 11.2 Å². The van der Waals surface area contributed by atoms with Gasteiger partial charge < -0.3 is 14.4 Å². The first-order valence-corrected chi connectivity index (χ1v) is 10.3. The van der Waals surface area contributed by atoms with Gasteiger partial charge in [0.05, 0.1) is 12.8 Å². The Morgan fingerprint density at radius 1 is 1.24 bits per heavy atom. The van der Waals surface area contributed by atoms with E-state index in [-0.39, 0.29) is 12.5 Å². The van der Waals surface area contributed by atoms with E-state index in [0.717, 1.165) is 24.2 Å². The van der Waals surface area contributed by atoms with Crippen LogP contribution >= 0.6 is 12.2 Å². The lowest BCUT2D eigenvalue weighted by Crippen LogP contribution is -2.34. The van der Waals surface area contributed by atoms with E-state index < -0.39 is 0 Å². The minimum atomic E-state index is -0.0547. The zero-order valence-corrected chi connectivity index (χ0v) is 18.3. The molecule has 0 aliphatic rings. The number of carbonyl (C=O) groups excluding carboxylic acids is 1. The number of nitrogens with zero attached hydrogens (tertiary/aromatic N) is 4. The molecule has 0 aliphatic carbocycles. The first-order chi connectivity index (χ1) is 14.0. The molecule has 0 spiro atoms. The number of hydrogen-bond acceptors (Lipinski definition) is 6. The lowest BCUT2D eigenvalue weighted by atomic mass is 10.2. The van der Waals surface area contributed by atoms with Crippen LogP contribution in [0.1, 0.15) is 45.5 Å². The van der Waals surface area contributed by atoms with Gasteiger partial charge in [0.1, 0.15) is 0 Å². The van der Waals surface area contributed by atoms with E-state index in [2.05, 4.69) is 22.2 Å². The molecule has 158 valence electrons. The predicted octanol–water partition coefficient (Wildman–Crippen LogP) is 3.42. The quantitative estimate of drug-likeness (QED) is 0.446. The molecule has 0 unspecified atom stereocenters. The molecule has 1 heterocycles. The van der Waals surface area contributed by atoms with Crippen molar-refractivity contribution >= 4 is 24.3 Å². The van der Waals surface area contributed by atoms with E-state index in [1.54, 1.807) is 21.9 Å². The maximum Gasteiger partial charge on any atom is 0.260 e. The van der Waals surface area contributed by atoms with Gasteiger partial charge in [0.2, 0.25) is 4.77 Å². The van der Waals surface area contributed by atoms with Crippen LogP contribution in [-0.4, -0.2) is 58.2 Å². The highest BCUT2D eigenvalue weighted by atomic mass is 32.1. The molecule has 0 aliphatic heterocycles. The van der Waals surface area contributed by atoms with Crippen molar-refractivity contribution in [2.24, 2.45) is 5.10 Å². The van der Waals surface area contributed by atoms with Crippen molar-refractivity contribution in [2.45, 2.75) is 40.5 Å². The Bertz CT molecular complexity index is 886. The van der Waals surface area contributed by atoms with Gasteiger partial charge in [0.25, 0.3) is 5.91 Å². The van der Waals surface area contributed by atoms with E-state index >= 15 is 0 Å². The smallest absolute Gasteiger partial charge is 0.260 e. The summed E-state index contributed by atoms with van der Waals surface area (Å²) in [7, 11) is 0. The standard InChI is InChI=1S/C20H29N5O3S/c1-5-9-18-22-23-20(29)25(18)21-13-15-10-11-16(17(12-15)27-8-4)28-14-19(26)24(6-2)7-3/h10-13H,5-9,14H2,1-4H3,(H,23,29)/b21-13-. The van der Waals surface area contributed by atoms with Crippen LogP contribution in [0.3, 0.4) is 0 Å². The molecule has 9 heteroatoms. The number of rotatable bonds is 11. The number of benzene rings is 1. The van der Waals surface area contributed by atoms with Crippen molar-refractivity contribution in [1.82, 2.24) is 19.8 Å². The van der Waals surface area contributed by atoms with Gasteiger partial charge in [-0.1, -0.05) is 6.92 Å². The second-order valence-electron chi connectivity index (χ2n) is 6.25. The number of carbonyl (C=O) groups is 1. The average molecular weight is 420 g/mol. The molecular formula is C20H29N5O3S. The highest BCUT2D eigenvalue weighted by Crippen LogP contribution is 2.28. The summed E-state index contributed by atoms with van der Waals surface area (Å²) in [4.78, 5) is 13.9. The molecule has 1 aromatic heterocycles. The molecule has 0 fully saturated rings. The van der Waals surface area contributed by atoms with Gasteiger partial charge in [-0.25, -0.2) is 0 Å². The van der Waals surface area contributed by atoms with E-state index in [9.17, 15) is 4.79 Å². The fourth-order valence-electron chi connectivity index (χ4n) is 2.75. The normalized spacial score (nSPS) is 11.0. The van der Waals surface area contributed by atoms with Gasteiger partial charge in [0.15, 0.2) is 23.9 Å². The van der Waals surface area contributed by atoms with Crippen LogP contribution in [0.2, 0.25) is 0 Å². The second-order valence-corrected chi connectivity index (χ2v) is 6.63. The number of H-pyrrole nitrogens is 1. The third kappa shape index (κ3) is 6.15. The molecule has 0 bridgehead atoms. The SMILES string of the molecule is CCCc1n[nH]c(=S)n1/N=C\c1ccc(OCC(=O)N(CC)CC)c(OCC)c1. The van der Waals surface area contributed by atoms with Crippen molar-refractivity contribution in [3.05, 3.63) is 34.4 Å². The summed E-state index contributed by atoms with van der Waals surface area (Å²) in [6, 6.07) is 5.46. The zero-order chi connectivity index (χ0) is 21.2. The lowest BCUT2D eigenvalue weighted by molar-refractivity contribution is -0.132. The largest absolute Gasteiger partial charge is 0.490 e. The molecule has 0 radical (unpaired) electrons. The molecule has 0 atom stereocenters. The minimum absolute atomic E-state index is 0.0280. The fourth-order valence-corrected chi connectivity index (χ4v) is 2.95. The summed E-state index contributed by atoms with van der Waals surface area (Å²) in [5.74, 6) is 1.82. The highest BCUT2D eigenvalue weighted by Gasteiger charge is 2.13. The third-order valence-corrected chi connectivity index (χ3v) is 4.51. The fraction of sp³-hybridized carbons (Fsp3) is 0.500. The number of aromatic nitrogens is 3. The minimum Gasteiger partial charge on any atom is -0.490 e. The van der Waals surface area contributed by atoms with Crippen molar-refractivity contribution in [1.29, 1.82) is 0 Å². The Kier molecular flexibility index (Phi) is 8.85. The van der Waals surface area contributed by atoms with Crippen LogP contribution in [0.4, 0.5) is 0 Å². The van der Waals surface area contributed by atoms with Gasteiger partial charge in [-0.3, -0.25) is 9.89 Å². The third-order valence-electron chi connectivity index (χ3n) is 4.25. The first kappa shape index (κ1) is 22.6. The maximum absolute atomic E-state index is 12.2. The van der Waals surface area contributed by atoms with Crippen LogP contribution in [0.5, 0.6) is 11.5 Å². The molecule has 2 rings (SSSR count). The maximum atomic E-state index is 12.2. The monoisotopic (exact) mass is 419 g/mol. The van der Waals surface area contributed by atoms with E-state index in [0.29, 0.717) is 36.0 Å². The van der Waals surface area contributed by atoms with Gasteiger partial charge >= 0.3 is 0 Å². The van der Waals surface area contributed by atoms with E-state index in [1.165, 1.54) is 0 Å². The zero-order valence-electron chi connectivity index (χ0n) is 17.5. The van der Waals surface area contributed by atoms with E-state index in [1.807, 2.05) is 32.9 Å². The predicted molar refractivity (Wildman–Crippen MR) is 115 cm³/mol. The molecule has 0 saturated carbocycles. The number of aryl methyl sites for hydroxylation is 1. The Labute approximate surface area is 176 Å². The van der Waals surface area contributed by atoms with Crippen LogP contribution < -0.4 is 9.47 Å². The second kappa shape index (κ2) is 11.4. The highest BCUT2D eigenvalue weighted by molar-refractivity contribution is 7.71. The number of likely N-dealkylation sites (N-methyl/N-ethyl adjacent to an activating group) is 1. The summed E-state index contributed by atoms with van der Waals surface area (Å²) < 4.78 is 13.5. The van der Waals surface area contributed by atoms with Crippen LogP contribution in [0.15, 0.2) is 23.3 Å². The van der Waals surface area contributed by atoms with Crippen molar-refractivity contribution in [3.8, 4) is 11.5 Å². The average Bonchev–Trinajstić information content (AvgIpc) is 3.06. The van der Waals surface area contributed by atoms with Gasteiger partial charge in [-0.05, 0) is 63.2 Å². The van der Waals surface area contributed by atoms with E-state index in [4.69, 9.17) is 21.7 Å². The van der Waals surface area contributed by atoms with Crippen molar-refractivity contribution < 1.29 is 14.3 Å². The Balaban J connectivity index is 2.18. The molecule has 8 nitrogen and oxygen atoms in total. The Morgan fingerprint density at radius 2 is 2.00 bits per heavy atom. The molecular weight excluding hydrogens is 390 g/mol. The summed E-state index contributed by atoms with van der Waals surface area (Å²) in [5, 5.41) is 11.4. The Hall–Kier alpha value is -2.68. The number of aromatic amines is 1. The summed E-state index contributed by atoms with van der Waals surface area (Å²) in [5.41, 5.74) is 0.821. The van der Waals surface area contributed by atoms with Crippen molar-refractivity contribution in [2.75, 3.05) is 26.3 Å². The van der Waals surface area contributed by atoms with Crippen molar-refractivity contribution in [3.63, 3.8) is 0 Å². The van der Waals surface area contributed by atoms with Gasteiger partial charge in [0, 0.05) is 19.5 Å². The van der Waals surface area contributed by atoms with Gasteiger partial charge in [-0.2, -0.15) is 14.9 Å². The Morgan fingerprint density at radius 3 is 2.66 bits per heavy atom. The summed E-state index contributed by atoms with van der Waals surface area (Å²) >= 11 is 5.24. The summed E-state index contributed by atoms with van der Waals surface area (Å²) in [6.45, 7) is 9.62.